The van der Waals surface area contributed by atoms with Crippen LogP contribution in [0.25, 0.3) is 5.69 Å². The van der Waals surface area contributed by atoms with Crippen molar-refractivity contribution in [3.8, 4) is 5.69 Å². The lowest BCUT2D eigenvalue weighted by Crippen LogP contribution is -2.51. The van der Waals surface area contributed by atoms with E-state index in [9.17, 15) is 9.59 Å². The molecule has 0 radical (unpaired) electrons. The van der Waals surface area contributed by atoms with Crippen LogP contribution in [-0.4, -0.2) is 75.7 Å². The van der Waals surface area contributed by atoms with Gasteiger partial charge in [0.1, 0.15) is 0 Å². The predicted molar refractivity (Wildman–Crippen MR) is 118 cm³/mol. The Labute approximate surface area is 181 Å². The number of nitrogens with one attached hydrogen (secondary N) is 1. The molecule has 2 fully saturated rings. The van der Waals surface area contributed by atoms with E-state index in [2.05, 4.69) is 47.2 Å². The first-order valence-electron chi connectivity index (χ1n) is 10.5. The van der Waals surface area contributed by atoms with Gasteiger partial charge in [-0.25, -0.2) is 4.98 Å². The third-order valence-electron chi connectivity index (χ3n) is 5.73. The fourth-order valence-electron chi connectivity index (χ4n) is 3.55. The minimum Gasteiger partial charge on any atom is -0.352 e. The van der Waals surface area contributed by atoms with Crippen LogP contribution in [0.3, 0.4) is 0 Å². The zero-order valence-electron chi connectivity index (χ0n) is 17.6. The van der Waals surface area contributed by atoms with Crippen molar-refractivity contribution in [2.24, 2.45) is 0 Å². The number of rotatable bonds is 7. The molecular formula is C22H29N5O2S. The largest absolute Gasteiger partial charge is 0.352 e. The summed E-state index contributed by atoms with van der Waals surface area (Å²) in [4.78, 5) is 33.1. The summed E-state index contributed by atoms with van der Waals surface area (Å²) >= 11 is 1.47. The second-order valence-corrected chi connectivity index (χ2v) is 9.08. The molecule has 4 rings (SSSR count). The van der Waals surface area contributed by atoms with Gasteiger partial charge in [0.15, 0.2) is 5.16 Å². The van der Waals surface area contributed by atoms with E-state index >= 15 is 0 Å². The zero-order valence-corrected chi connectivity index (χ0v) is 18.5. The van der Waals surface area contributed by atoms with Gasteiger partial charge in [-0.3, -0.25) is 19.1 Å². The van der Waals surface area contributed by atoms with Crippen molar-refractivity contribution in [3.05, 3.63) is 41.7 Å². The van der Waals surface area contributed by atoms with Gasteiger partial charge in [-0.1, -0.05) is 17.8 Å². The van der Waals surface area contributed by atoms with Gasteiger partial charge in [0.05, 0.1) is 12.3 Å². The molecule has 1 aliphatic heterocycles. The highest BCUT2D eigenvalue weighted by Crippen LogP contribution is 2.23. The van der Waals surface area contributed by atoms with Crippen LogP contribution < -0.4 is 5.32 Å². The highest BCUT2D eigenvalue weighted by atomic mass is 32.2. The second-order valence-electron chi connectivity index (χ2n) is 8.14. The molecule has 2 aromatic rings. The van der Waals surface area contributed by atoms with Crippen LogP contribution in [0.15, 0.2) is 35.7 Å². The maximum atomic E-state index is 12.7. The fourth-order valence-corrected chi connectivity index (χ4v) is 4.42. The number of benzene rings is 1. The molecule has 2 heterocycles. The van der Waals surface area contributed by atoms with Crippen molar-refractivity contribution < 1.29 is 9.59 Å². The Morgan fingerprint density at radius 2 is 1.90 bits per heavy atom. The van der Waals surface area contributed by atoms with Crippen LogP contribution in [0.2, 0.25) is 0 Å². The second kappa shape index (κ2) is 9.22. The Balaban J connectivity index is 1.26. The van der Waals surface area contributed by atoms with E-state index in [1.807, 2.05) is 15.7 Å². The number of carbonyl (C=O) groups excluding carboxylic acids is 2. The molecule has 1 aromatic heterocycles. The third kappa shape index (κ3) is 5.23. The minimum absolute atomic E-state index is 0.103. The van der Waals surface area contributed by atoms with E-state index in [1.165, 1.54) is 22.9 Å². The van der Waals surface area contributed by atoms with Crippen LogP contribution in [0.5, 0.6) is 0 Å². The lowest BCUT2D eigenvalue weighted by molar-refractivity contribution is -0.130. The van der Waals surface area contributed by atoms with Crippen molar-refractivity contribution in [3.63, 3.8) is 0 Å². The molecule has 30 heavy (non-hydrogen) atoms. The Morgan fingerprint density at radius 3 is 2.60 bits per heavy atom. The summed E-state index contributed by atoms with van der Waals surface area (Å²) in [5, 5.41) is 3.84. The van der Waals surface area contributed by atoms with Crippen LogP contribution >= 0.6 is 11.8 Å². The van der Waals surface area contributed by atoms with E-state index in [4.69, 9.17) is 0 Å². The molecule has 0 unspecified atom stereocenters. The van der Waals surface area contributed by atoms with Gasteiger partial charge in [0.25, 0.3) is 0 Å². The number of aromatic nitrogens is 2. The third-order valence-corrected chi connectivity index (χ3v) is 6.69. The van der Waals surface area contributed by atoms with Crippen molar-refractivity contribution in [1.82, 2.24) is 24.7 Å². The van der Waals surface area contributed by atoms with Crippen molar-refractivity contribution in [2.45, 2.75) is 37.9 Å². The Morgan fingerprint density at radius 1 is 1.13 bits per heavy atom. The van der Waals surface area contributed by atoms with Crippen LogP contribution in [-0.2, 0) is 9.59 Å². The van der Waals surface area contributed by atoms with E-state index in [1.54, 1.807) is 6.20 Å². The maximum Gasteiger partial charge on any atom is 0.234 e. The lowest BCUT2D eigenvalue weighted by atomic mass is 10.1. The molecule has 1 saturated carbocycles. The molecule has 1 N–H and O–H groups in total. The molecule has 160 valence electrons. The van der Waals surface area contributed by atoms with Crippen LogP contribution in [0, 0.1) is 13.8 Å². The smallest absolute Gasteiger partial charge is 0.234 e. The van der Waals surface area contributed by atoms with Crippen molar-refractivity contribution >= 4 is 23.6 Å². The van der Waals surface area contributed by atoms with Crippen molar-refractivity contribution in [2.75, 3.05) is 38.5 Å². The monoisotopic (exact) mass is 427 g/mol. The number of amides is 2. The number of nitrogens with zero attached hydrogens (tertiary/aromatic N) is 4. The highest BCUT2D eigenvalue weighted by Gasteiger charge is 2.26. The van der Waals surface area contributed by atoms with Gasteiger partial charge in [0, 0.05) is 50.3 Å². The van der Waals surface area contributed by atoms with Gasteiger partial charge < -0.3 is 10.2 Å². The fraction of sp³-hybridized carbons (Fsp3) is 0.500. The molecule has 1 aliphatic carbocycles. The van der Waals surface area contributed by atoms with Gasteiger partial charge in [-0.2, -0.15) is 0 Å². The van der Waals surface area contributed by atoms with Crippen molar-refractivity contribution in [1.29, 1.82) is 0 Å². The normalized spacial score (nSPS) is 17.2. The van der Waals surface area contributed by atoms with Gasteiger partial charge in [-0.05, 0) is 49.9 Å². The molecule has 0 spiro atoms. The van der Waals surface area contributed by atoms with Crippen LogP contribution in [0.1, 0.15) is 24.0 Å². The number of imidazole rings is 1. The van der Waals surface area contributed by atoms with Crippen LogP contribution in [0.4, 0.5) is 0 Å². The number of piperazine rings is 1. The van der Waals surface area contributed by atoms with Gasteiger partial charge in [-0.15, -0.1) is 0 Å². The summed E-state index contributed by atoms with van der Waals surface area (Å²) in [6, 6.07) is 6.72. The number of aryl methyl sites for hydroxylation is 2. The molecule has 0 atom stereocenters. The summed E-state index contributed by atoms with van der Waals surface area (Å²) in [7, 11) is 0. The molecule has 2 aliphatic rings. The van der Waals surface area contributed by atoms with Gasteiger partial charge in [0.2, 0.25) is 11.8 Å². The Hall–Kier alpha value is -2.32. The summed E-state index contributed by atoms with van der Waals surface area (Å²) in [5.74, 6) is 0.590. The Kier molecular flexibility index (Phi) is 6.43. The summed E-state index contributed by atoms with van der Waals surface area (Å²) in [5.41, 5.74) is 3.55. The van der Waals surface area contributed by atoms with E-state index < -0.39 is 0 Å². The number of carbonyl (C=O) groups is 2. The molecular weight excluding hydrogens is 398 g/mol. The topological polar surface area (TPSA) is 70.5 Å². The van der Waals surface area contributed by atoms with E-state index in [0.717, 1.165) is 36.8 Å². The molecule has 0 bridgehead atoms. The minimum atomic E-state index is 0.103. The number of thioether (sulfide) groups is 1. The molecule has 8 heteroatoms. The quantitative estimate of drug-likeness (QED) is 0.685. The molecule has 1 saturated heterocycles. The SMILES string of the molecule is Cc1ccc(-n2ccnc2SCC(=O)N2CCN(CC(=O)NC3CC3)CC2)cc1C. The first-order chi connectivity index (χ1) is 14.5. The number of hydrogen-bond acceptors (Lipinski definition) is 5. The molecule has 7 nitrogen and oxygen atoms in total. The average Bonchev–Trinajstić information content (AvgIpc) is 3.42. The lowest BCUT2D eigenvalue weighted by Gasteiger charge is -2.34. The standard InChI is InChI=1S/C22H29N5O2S/c1-16-3-6-19(13-17(16)2)27-8-7-23-22(27)30-15-21(29)26-11-9-25(10-12-26)14-20(28)24-18-4-5-18/h3,6-8,13,18H,4-5,9-12,14-15H2,1-2H3,(H,24,28). The summed E-state index contributed by atoms with van der Waals surface area (Å²) < 4.78 is 2.03. The van der Waals surface area contributed by atoms with E-state index in [0.29, 0.717) is 31.4 Å². The molecule has 1 aromatic carbocycles. The summed E-state index contributed by atoms with van der Waals surface area (Å²) in [6.45, 7) is 7.45. The first-order valence-corrected chi connectivity index (χ1v) is 11.5. The average molecular weight is 428 g/mol. The van der Waals surface area contributed by atoms with Gasteiger partial charge >= 0.3 is 0 Å². The number of hydrogen-bond donors (Lipinski definition) is 1. The molecule has 2 amide bonds. The Bertz CT molecular complexity index is 916. The zero-order chi connectivity index (χ0) is 21.1. The first kappa shape index (κ1) is 20.9. The maximum absolute atomic E-state index is 12.7. The van der Waals surface area contributed by atoms with E-state index in [-0.39, 0.29) is 11.8 Å². The highest BCUT2D eigenvalue weighted by molar-refractivity contribution is 7.99. The predicted octanol–water partition coefficient (Wildman–Crippen LogP) is 2.00. The summed E-state index contributed by atoms with van der Waals surface area (Å²) in [6.07, 6.45) is 5.91.